The van der Waals surface area contributed by atoms with Crippen molar-refractivity contribution in [2.24, 2.45) is 0 Å². The largest absolute Gasteiger partial charge is 0.460 e. The minimum atomic E-state index is -0.788. The molecule has 0 amide bonds. The van der Waals surface area contributed by atoms with Crippen LogP contribution in [0.25, 0.3) is 0 Å². The van der Waals surface area contributed by atoms with Crippen LogP contribution in [0, 0.1) is 0 Å². The molecule has 0 aliphatic heterocycles. The Morgan fingerprint density at radius 2 is 2.00 bits per heavy atom. The summed E-state index contributed by atoms with van der Waals surface area (Å²) in [5.41, 5.74) is 1.29. The quantitative estimate of drug-likeness (QED) is 0.457. The van der Waals surface area contributed by atoms with Gasteiger partial charge in [0.15, 0.2) is 0 Å². The van der Waals surface area contributed by atoms with Crippen LogP contribution in [0.1, 0.15) is 22.8 Å². The molecule has 17 heavy (non-hydrogen) atoms. The summed E-state index contributed by atoms with van der Waals surface area (Å²) in [6.07, 6.45) is 0.706. The van der Waals surface area contributed by atoms with E-state index in [9.17, 15) is 9.59 Å². The third-order valence-electron chi connectivity index (χ3n) is 2.37. The molecule has 1 rings (SSSR count). The van der Waals surface area contributed by atoms with Crippen LogP contribution in [0.4, 0.5) is 0 Å². The summed E-state index contributed by atoms with van der Waals surface area (Å²) in [4.78, 5) is 23.2. The highest BCUT2D eigenvalue weighted by Gasteiger charge is 2.19. The van der Waals surface area contributed by atoms with Crippen LogP contribution >= 0.6 is 0 Å². The Labute approximate surface area is 101 Å². The van der Waals surface area contributed by atoms with Gasteiger partial charge in [-0.2, -0.15) is 0 Å². The SMILES string of the molecule is CCOC(=O)C(=O)c1ccccc1CCNC. The van der Waals surface area contributed by atoms with E-state index in [1.54, 1.807) is 19.1 Å². The van der Waals surface area contributed by atoms with Crippen molar-refractivity contribution in [2.45, 2.75) is 13.3 Å². The molecule has 0 heterocycles. The number of rotatable bonds is 6. The number of nitrogens with one attached hydrogen (secondary N) is 1. The number of ketones is 1. The lowest BCUT2D eigenvalue weighted by molar-refractivity contribution is -0.137. The first kappa shape index (κ1) is 13.4. The van der Waals surface area contributed by atoms with Crippen molar-refractivity contribution in [1.29, 1.82) is 0 Å². The number of carbonyl (C=O) groups is 2. The Balaban J connectivity index is 2.88. The van der Waals surface area contributed by atoms with Crippen molar-refractivity contribution < 1.29 is 14.3 Å². The first-order valence-corrected chi connectivity index (χ1v) is 5.64. The van der Waals surface area contributed by atoms with Crippen LogP contribution in [0.3, 0.4) is 0 Å². The van der Waals surface area contributed by atoms with E-state index in [-0.39, 0.29) is 6.61 Å². The molecule has 0 saturated heterocycles. The molecule has 1 aromatic carbocycles. The summed E-state index contributed by atoms with van der Waals surface area (Å²) in [6.45, 7) is 2.65. The predicted octanol–water partition coefficient (Wildman–Crippen LogP) is 1.19. The maximum Gasteiger partial charge on any atom is 0.379 e. The summed E-state index contributed by atoms with van der Waals surface area (Å²) in [5, 5.41) is 3.01. The zero-order chi connectivity index (χ0) is 12.7. The predicted molar refractivity (Wildman–Crippen MR) is 65.0 cm³/mol. The van der Waals surface area contributed by atoms with Gasteiger partial charge >= 0.3 is 5.97 Å². The van der Waals surface area contributed by atoms with Crippen LogP contribution in [-0.2, 0) is 16.0 Å². The van der Waals surface area contributed by atoms with Crippen molar-refractivity contribution in [1.82, 2.24) is 5.32 Å². The summed E-state index contributed by atoms with van der Waals surface area (Å²) >= 11 is 0. The van der Waals surface area contributed by atoms with Gasteiger partial charge in [0.25, 0.3) is 5.78 Å². The van der Waals surface area contributed by atoms with Gasteiger partial charge in [0.05, 0.1) is 6.61 Å². The van der Waals surface area contributed by atoms with Crippen LogP contribution in [0.5, 0.6) is 0 Å². The number of ether oxygens (including phenoxy) is 1. The lowest BCUT2D eigenvalue weighted by Gasteiger charge is -2.07. The molecule has 0 aromatic heterocycles. The zero-order valence-electron chi connectivity index (χ0n) is 10.2. The van der Waals surface area contributed by atoms with Gasteiger partial charge in [-0.05, 0) is 32.5 Å². The maximum atomic E-state index is 11.8. The van der Waals surface area contributed by atoms with E-state index < -0.39 is 11.8 Å². The Morgan fingerprint density at radius 3 is 2.65 bits per heavy atom. The second kappa shape index (κ2) is 6.81. The summed E-state index contributed by atoms with van der Waals surface area (Å²) in [5.74, 6) is -1.36. The van der Waals surface area contributed by atoms with Crippen LogP contribution in [-0.4, -0.2) is 32.0 Å². The van der Waals surface area contributed by atoms with Gasteiger partial charge in [-0.25, -0.2) is 4.79 Å². The highest BCUT2D eigenvalue weighted by Crippen LogP contribution is 2.11. The Morgan fingerprint density at radius 1 is 1.29 bits per heavy atom. The fraction of sp³-hybridized carbons (Fsp3) is 0.385. The lowest BCUT2D eigenvalue weighted by atomic mass is 10.0. The molecule has 0 atom stereocenters. The van der Waals surface area contributed by atoms with E-state index in [1.165, 1.54) is 0 Å². The second-order valence-corrected chi connectivity index (χ2v) is 3.56. The van der Waals surface area contributed by atoms with Crippen molar-refractivity contribution in [3.05, 3.63) is 35.4 Å². The average molecular weight is 235 g/mol. The fourth-order valence-electron chi connectivity index (χ4n) is 1.53. The summed E-state index contributed by atoms with van der Waals surface area (Å²) in [7, 11) is 1.84. The summed E-state index contributed by atoms with van der Waals surface area (Å²) < 4.78 is 4.71. The van der Waals surface area contributed by atoms with Crippen LogP contribution in [0.15, 0.2) is 24.3 Å². The number of hydrogen-bond donors (Lipinski definition) is 1. The minimum Gasteiger partial charge on any atom is -0.460 e. The standard InChI is InChI=1S/C13H17NO3/c1-3-17-13(16)12(15)11-7-5-4-6-10(11)8-9-14-2/h4-7,14H,3,8-9H2,1-2H3. The molecule has 1 aromatic rings. The molecule has 0 spiro atoms. The number of likely N-dealkylation sites (N-methyl/N-ethyl adjacent to an activating group) is 1. The highest BCUT2D eigenvalue weighted by atomic mass is 16.5. The van der Waals surface area contributed by atoms with Gasteiger partial charge in [0.1, 0.15) is 0 Å². The fourth-order valence-corrected chi connectivity index (χ4v) is 1.53. The van der Waals surface area contributed by atoms with Crippen LogP contribution in [0.2, 0.25) is 0 Å². The lowest BCUT2D eigenvalue weighted by Crippen LogP contribution is -2.20. The van der Waals surface area contributed by atoms with Gasteiger partial charge in [-0.3, -0.25) is 4.79 Å². The third-order valence-corrected chi connectivity index (χ3v) is 2.37. The molecular formula is C13H17NO3. The zero-order valence-corrected chi connectivity index (χ0v) is 10.2. The van der Waals surface area contributed by atoms with E-state index in [4.69, 9.17) is 4.74 Å². The summed E-state index contributed by atoms with van der Waals surface area (Å²) in [6, 6.07) is 7.11. The number of carbonyl (C=O) groups excluding carboxylic acids is 2. The third kappa shape index (κ3) is 3.67. The van der Waals surface area contributed by atoms with E-state index >= 15 is 0 Å². The van der Waals surface area contributed by atoms with Crippen LogP contribution < -0.4 is 5.32 Å². The van der Waals surface area contributed by atoms with E-state index in [0.717, 1.165) is 12.1 Å². The molecule has 0 radical (unpaired) electrons. The number of hydrogen-bond acceptors (Lipinski definition) is 4. The molecule has 0 fully saturated rings. The maximum absolute atomic E-state index is 11.8. The molecule has 4 heteroatoms. The number of Topliss-reactive ketones (excluding diaryl/α,β-unsaturated/α-hetero) is 1. The van der Waals surface area contributed by atoms with Crippen molar-refractivity contribution in [3.63, 3.8) is 0 Å². The molecule has 0 aliphatic rings. The smallest absolute Gasteiger partial charge is 0.379 e. The first-order chi connectivity index (χ1) is 8.20. The average Bonchev–Trinajstić information content (AvgIpc) is 2.36. The van der Waals surface area contributed by atoms with Gasteiger partial charge in [-0.15, -0.1) is 0 Å². The van der Waals surface area contributed by atoms with Crippen molar-refractivity contribution in [2.75, 3.05) is 20.2 Å². The Kier molecular flexibility index (Phi) is 5.36. The second-order valence-electron chi connectivity index (χ2n) is 3.56. The van der Waals surface area contributed by atoms with Crippen molar-refractivity contribution in [3.8, 4) is 0 Å². The van der Waals surface area contributed by atoms with E-state index in [0.29, 0.717) is 12.0 Å². The van der Waals surface area contributed by atoms with Crippen molar-refractivity contribution >= 4 is 11.8 Å². The molecule has 0 unspecified atom stereocenters. The van der Waals surface area contributed by atoms with Gasteiger partial charge in [-0.1, -0.05) is 24.3 Å². The monoisotopic (exact) mass is 235 g/mol. The topological polar surface area (TPSA) is 55.4 Å². The molecule has 0 bridgehead atoms. The van der Waals surface area contributed by atoms with E-state index in [2.05, 4.69) is 5.32 Å². The number of esters is 1. The first-order valence-electron chi connectivity index (χ1n) is 5.64. The van der Waals surface area contributed by atoms with Gasteiger partial charge in [0.2, 0.25) is 0 Å². The number of benzene rings is 1. The normalized spacial score (nSPS) is 10.0. The Bertz CT molecular complexity index is 401. The Hall–Kier alpha value is -1.68. The molecule has 92 valence electrons. The molecular weight excluding hydrogens is 218 g/mol. The minimum absolute atomic E-state index is 0.212. The van der Waals surface area contributed by atoms with Gasteiger partial charge < -0.3 is 10.1 Å². The van der Waals surface area contributed by atoms with Gasteiger partial charge in [0, 0.05) is 5.56 Å². The molecule has 0 aliphatic carbocycles. The molecule has 0 saturated carbocycles. The molecule has 1 N–H and O–H groups in total. The molecule has 4 nitrogen and oxygen atoms in total. The highest BCUT2D eigenvalue weighted by molar-refractivity contribution is 6.41. The van der Waals surface area contributed by atoms with E-state index in [1.807, 2.05) is 19.2 Å².